The van der Waals surface area contributed by atoms with Crippen molar-refractivity contribution < 1.29 is 4.74 Å². The number of hydrogen-bond acceptors (Lipinski definition) is 2. The molecule has 0 amide bonds. The molecule has 2 heteroatoms. The molecule has 1 aromatic carbocycles. The number of methoxy groups -OCH3 is 1. The van der Waals surface area contributed by atoms with E-state index in [4.69, 9.17) is 4.74 Å². The molecule has 0 radical (unpaired) electrons. The highest BCUT2D eigenvalue weighted by atomic mass is 16.5. The third-order valence-electron chi connectivity index (χ3n) is 2.13. The Labute approximate surface area is 80.1 Å². The molecule has 1 rings (SSSR count). The van der Waals surface area contributed by atoms with E-state index in [1.165, 1.54) is 5.56 Å². The first-order chi connectivity index (χ1) is 6.25. The number of hydrogen-bond donors (Lipinski definition) is 0. The van der Waals surface area contributed by atoms with Gasteiger partial charge in [0.25, 0.3) is 0 Å². The van der Waals surface area contributed by atoms with Crippen LogP contribution in [0.5, 0.6) is 0 Å². The lowest BCUT2D eigenvalue weighted by molar-refractivity contribution is 0.121. The molecule has 0 saturated heterocycles. The Balaban J connectivity index is 2.76. The zero-order valence-electron chi connectivity index (χ0n) is 8.53. The van der Waals surface area contributed by atoms with Gasteiger partial charge >= 0.3 is 0 Å². The van der Waals surface area contributed by atoms with Crippen LogP contribution in [0.15, 0.2) is 30.3 Å². The third-order valence-corrected chi connectivity index (χ3v) is 2.13. The SMILES string of the molecule is COCC(c1ccccc1)N(C)C. The van der Waals surface area contributed by atoms with Crippen molar-refractivity contribution in [3.63, 3.8) is 0 Å². The highest BCUT2D eigenvalue weighted by molar-refractivity contribution is 5.18. The average molecular weight is 179 g/mol. The van der Waals surface area contributed by atoms with E-state index >= 15 is 0 Å². The molecule has 0 fully saturated rings. The van der Waals surface area contributed by atoms with Gasteiger partial charge in [-0.15, -0.1) is 0 Å². The van der Waals surface area contributed by atoms with Gasteiger partial charge in [0.2, 0.25) is 0 Å². The van der Waals surface area contributed by atoms with Gasteiger partial charge in [0.05, 0.1) is 12.6 Å². The molecule has 1 atom stereocenters. The van der Waals surface area contributed by atoms with Gasteiger partial charge in [-0.3, -0.25) is 0 Å². The first-order valence-corrected chi connectivity index (χ1v) is 4.46. The van der Waals surface area contributed by atoms with E-state index in [1.54, 1.807) is 7.11 Å². The van der Waals surface area contributed by atoms with Gasteiger partial charge in [0, 0.05) is 7.11 Å². The van der Waals surface area contributed by atoms with Crippen LogP contribution in [0.1, 0.15) is 11.6 Å². The van der Waals surface area contributed by atoms with E-state index in [9.17, 15) is 0 Å². The summed E-state index contributed by atoms with van der Waals surface area (Å²) in [6.45, 7) is 0.733. The minimum atomic E-state index is 0.353. The Morgan fingerprint density at radius 2 is 1.85 bits per heavy atom. The number of rotatable bonds is 4. The van der Waals surface area contributed by atoms with Gasteiger partial charge in [-0.2, -0.15) is 0 Å². The monoisotopic (exact) mass is 179 g/mol. The molecule has 0 aliphatic rings. The van der Waals surface area contributed by atoms with Gasteiger partial charge in [-0.05, 0) is 19.7 Å². The van der Waals surface area contributed by atoms with Crippen LogP contribution < -0.4 is 0 Å². The van der Waals surface area contributed by atoms with E-state index in [1.807, 2.05) is 6.07 Å². The summed E-state index contributed by atoms with van der Waals surface area (Å²) in [7, 11) is 5.87. The van der Waals surface area contributed by atoms with Gasteiger partial charge in [0.15, 0.2) is 0 Å². The third kappa shape index (κ3) is 2.83. The van der Waals surface area contributed by atoms with Crippen molar-refractivity contribution in [3.8, 4) is 0 Å². The largest absolute Gasteiger partial charge is 0.383 e. The average Bonchev–Trinajstić information content (AvgIpc) is 2.15. The highest BCUT2D eigenvalue weighted by Crippen LogP contribution is 2.17. The Kier molecular flexibility index (Phi) is 3.93. The van der Waals surface area contributed by atoms with Crippen molar-refractivity contribution in [2.24, 2.45) is 0 Å². The van der Waals surface area contributed by atoms with Crippen molar-refractivity contribution in [1.82, 2.24) is 4.90 Å². The summed E-state index contributed by atoms with van der Waals surface area (Å²) >= 11 is 0. The lowest BCUT2D eigenvalue weighted by Gasteiger charge is -2.23. The fraction of sp³-hybridized carbons (Fsp3) is 0.455. The minimum Gasteiger partial charge on any atom is -0.383 e. The second-order valence-electron chi connectivity index (χ2n) is 3.35. The molecule has 2 nitrogen and oxygen atoms in total. The first-order valence-electron chi connectivity index (χ1n) is 4.46. The number of benzene rings is 1. The number of nitrogens with zero attached hydrogens (tertiary/aromatic N) is 1. The van der Waals surface area contributed by atoms with Gasteiger partial charge in [-0.25, -0.2) is 0 Å². The molecule has 0 aromatic heterocycles. The molecule has 13 heavy (non-hydrogen) atoms. The van der Waals surface area contributed by atoms with E-state index in [-0.39, 0.29) is 0 Å². The van der Waals surface area contributed by atoms with Crippen LogP contribution in [0.25, 0.3) is 0 Å². The lowest BCUT2D eigenvalue weighted by atomic mass is 10.1. The van der Waals surface area contributed by atoms with E-state index < -0.39 is 0 Å². The fourth-order valence-electron chi connectivity index (χ4n) is 1.38. The Morgan fingerprint density at radius 3 is 2.31 bits per heavy atom. The van der Waals surface area contributed by atoms with Crippen molar-refractivity contribution in [3.05, 3.63) is 35.9 Å². The van der Waals surface area contributed by atoms with Crippen LogP contribution in [0.3, 0.4) is 0 Å². The highest BCUT2D eigenvalue weighted by Gasteiger charge is 2.12. The zero-order chi connectivity index (χ0) is 9.68. The molecule has 0 aliphatic heterocycles. The molecule has 0 spiro atoms. The Morgan fingerprint density at radius 1 is 1.23 bits per heavy atom. The second kappa shape index (κ2) is 5.00. The maximum absolute atomic E-state index is 5.18. The standard InChI is InChI=1S/C11H17NO/c1-12(2)11(9-13-3)10-7-5-4-6-8-10/h4-8,11H,9H2,1-3H3. The summed E-state index contributed by atoms with van der Waals surface area (Å²) in [5, 5.41) is 0. The van der Waals surface area contributed by atoms with E-state index in [2.05, 4.69) is 43.3 Å². The summed E-state index contributed by atoms with van der Waals surface area (Å²) in [6.07, 6.45) is 0. The van der Waals surface area contributed by atoms with Gasteiger partial charge in [0.1, 0.15) is 0 Å². The van der Waals surface area contributed by atoms with Crippen LogP contribution >= 0.6 is 0 Å². The Hall–Kier alpha value is -0.860. The van der Waals surface area contributed by atoms with Crippen LogP contribution in [-0.2, 0) is 4.74 Å². The summed E-state index contributed by atoms with van der Waals surface area (Å²) in [4.78, 5) is 2.17. The predicted octanol–water partition coefficient (Wildman–Crippen LogP) is 1.94. The van der Waals surface area contributed by atoms with Gasteiger partial charge in [-0.1, -0.05) is 30.3 Å². The smallest absolute Gasteiger partial charge is 0.0659 e. The summed E-state index contributed by atoms with van der Waals surface area (Å²) in [5.41, 5.74) is 1.30. The summed E-state index contributed by atoms with van der Waals surface area (Å²) in [6, 6.07) is 10.8. The quantitative estimate of drug-likeness (QED) is 0.700. The molecule has 0 saturated carbocycles. The topological polar surface area (TPSA) is 12.5 Å². The Bertz CT molecular complexity index is 233. The molecule has 0 aliphatic carbocycles. The van der Waals surface area contributed by atoms with Crippen molar-refractivity contribution in [1.29, 1.82) is 0 Å². The fourth-order valence-corrected chi connectivity index (χ4v) is 1.38. The molecule has 72 valence electrons. The molecular weight excluding hydrogens is 162 g/mol. The zero-order valence-corrected chi connectivity index (χ0v) is 8.53. The molecular formula is C11H17NO. The second-order valence-corrected chi connectivity index (χ2v) is 3.35. The number of likely N-dealkylation sites (N-methyl/N-ethyl adjacent to an activating group) is 1. The molecule has 0 heterocycles. The summed E-state index contributed by atoms with van der Waals surface area (Å²) in [5.74, 6) is 0. The lowest BCUT2D eigenvalue weighted by Crippen LogP contribution is -2.23. The maximum atomic E-state index is 5.18. The molecule has 1 unspecified atom stereocenters. The first kappa shape index (κ1) is 10.2. The van der Waals surface area contributed by atoms with Crippen molar-refractivity contribution in [2.45, 2.75) is 6.04 Å². The van der Waals surface area contributed by atoms with Crippen LogP contribution in [0.2, 0.25) is 0 Å². The van der Waals surface area contributed by atoms with Crippen molar-refractivity contribution in [2.75, 3.05) is 27.8 Å². The molecule has 0 bridgehead atoms. The van der Waals surface area contributed by atoms with Gasteiger partial charge < -0.3 is 9.64 Å². The van der Waals surface area contributed by atoms with Crippen molar-refractivity contribution >= 4 is 0 Å². The van der Waals surface area contributed by atoms with E-state index in [0.29, 0.717) is 6.04 Å². The summed E-state index contributed by atoms with van der Waals surface area (Å²) < 4.78 is 5.18. The van der Waals surface area contributed by atoms with Crippen LogP contribution in [0, 0.1) is 0 Å². The van der Waals surface area contributed by atoms with E-state index in [0.717, 1.165) is 6.61 Å². The minimum absolute atomic E-state index is 0.353. The maximum Gasteiger partial charge on any atom is 0.0659 e. The van der Waals surface area contributed by atoms with Crippen LogP contribution in [-0.4, -0.2) is 32.7 Å². The van der Waals surface area contributed by atoms with Crippen LogP contribution in [0.4, 0.5) is 0 Å². The normalized spacial score (nSPS) is 13.2. The molecule has 1 aromatic rings. The predicted molar refractivity (Wildman–Crippen MR) is 54.7 cm³/mol. The molecule has 0 N–H and O–H groups in total. The number of ether oxygens (including phenoxy) is 1.